The second-order valence-electron chi connectivity index (χ2n) is 12.9. The molecule has 4 rings (SSSR count). The molecule has 0 atom stereocenters. The first-order chi connectivity index (χ1) is 16.2. The topological polar surface area (TPSA) is 9.23 Å². The fourth-order valence-corrected chi connectivity index (χ4v) is 25.8. The summed E-state index contributed by atoms with van der Waals surface area (Å²) in [5.74, 6) is 0. The van der Waals surface area contributed by atoms with Crippen molar-refractivity contribution in [3.05, 3.63) is 0 Å². The summed E-state index contributed by atoms with van der Waals surface area (Å²) >= 11 is 0. The number of hydrogen-bond acceptors (Lipinski definition) is 1. The Kier molecular flexibility index (Phi) is 10.5. The van der Waals surface area contributed by atoms with E-state index >= 15 is 0 Å². The lowest BCUT2D eigenvalue weighted by atomic mass is 9.99. The largest absolute Gasteiger partial charge is 0.454 e. The first kappa shape index (κ1) is 26.5. The van der Waals surface area contributed by atoms with Gasteiger partial charge in [-0.2, -0.15) is 0 Å². The SMILES string of the molecule is CCC[Si](O[Si](CCC)(C1CCCCC1)C1CCCCC1)(C1CCCCC1)C1CCCCC1. The average molecular weight is 491 g/mol. The second kappa shape index (κ2) is 13.1. The molecule has 4 fully saturated rings. The maximum Gasteiger partial charge on any atom is 0.185 e. The third-order valence-corrected chi connectivity index (χ3v) is 24.3. The van der Waals surface area contributed by atoms with Crippen LogP contribution in [0.15, 0.2) is 0 Å². The second-order valence-corrected chi connectivity index (χ2v) is 21.8. The van der Waals surface area contributed by atoms with Crippen LogP contribution in [0.5, 0.6) is 0 Å². The molecule has 1 nitrogen and oxygen atoms in total. The van der Waals surface area contributed by atoms with Gasteiger partial charge in [-0.05, 0) is 34.3 Å². The minimum absolute atomic E-state index is 1.00. The normalized spacial score (nSPS) is 26.0. The van der Waals surface area contributed by atoms with Gasteiger partial charge in [0, 0.05) is 0 Å². The van der Waals surface area contributed by atoms with Crippen molar-refractivity contribution < 1.29 is 4.12 Å². The molecule has 3 heteroatoms. The van der Waals surface area contributed by atoms with Gasteiger partial charge in [-0.3, -0.25) is 0 Å². The van der Waals surface area contributed by atoms with Gasteiger partial charge in [0.2, 0.25) is 0 Å². The Labute approximate surface area is 209 Å². The highest BCUT2D eigenvalue weighted by Crippen LogP contribution is 2.58. The quantitative estimate of drug-likeness (QED) is 0.277. The minimum Gasteiger partial charge on any atom is -0.454 e. The molecule has 0 bridgehead atoms. The molecule has 0 aromatic carbocycles. The molecule has 0 aromatic heterocycles. The zero-order valence-electron chi connectivity index (χ0n) is 22.7. The van der Waals surface area contributed by atoms with Gasteiger partial charge < -0.3 is 4.12 Å². The van der Waals surface area contributed by atoms with E-state index in [1.165, 1.54) is 153 Å². The Hall–Kier alpha value is 0.394. The molecule has 0 amide bonds. The van der Waals surface area contributed by atoms with E-state index in [4.69, 9.17) is 4.12 Å². The van der Waals surface area contributed by atoms with Crippen LogP contribution in [0, 0.1) is 0 Å². The molecule has 4 aliphatic rings. The molecule has 0 saturated heterocycles. The van der Waals surface area contributed by atoms with E-state index in [1.807, 2.05) is 0 Å². The van der Waals surface area contributed by atoms with Crippen LogP contribution < -0.4 is 0 Å². The first-order valence-electron chi connectivity index (χ1n) is 16.0. The van der Waals surface area contributed by atoms with E-state index < -0.39 is 16.6 Å². The predicted molar refractivity (Wildman–Crippen MR) is 150 cm³/mol. The lowest BCUT2D eigenvalue weighted by Gasteiger charge is -2.57. The Morgan fingerprint density at radius 2 is 0.667 bits per heavy atom. The van der Waals surface area contributed by atoms with Crippen LogP contribution in [-0.4, -0.2) is 16.6 Å². The maximum absolute atomic E-state index is 8.54. The molecule has 0 aromatic rings. The highest BCUT2D eigenvalue weighted by molar-refractivity contribution is 6.90. The molecule has 4 aliphatic carbocycles. The monoisotopic (exact) mass is 490 g/mol. The lowest BCUT2D eigenvalue weighted by molar-refractivity contribution is 0.332. The number of hydrogen-bond donors (Lipinski definition) is 0. The summed E-state index contributed by atoms with van der Waals surface area (Å²) in [6.45, 7) is 5.03. The summed E-state index contributed by atoms with van der Waals surface area (Å²) in [7, 11) is -3.55. The van der Waals surface area contributed by atoms with Gasteiger partial charge in [-0.15, -0.1) is 0 Å². The Morgan fingerprint density at radius 1 is 0.424 bits per heavy atom. The van der Waals surface area contributed by atoms with Gasteiger partial charge in [-0.1, -0.05) is 155 Å². The zero-order chi connectivity index (χ0) is 23.0. The van der Waals surface area contributed by atoms with Crippen molar-refractivity contribution in [1.29, 1.82) is 0 Å². The van der Waals surface area contributed by atoms with Crippen molar-refractivity contribution in [2.75, 3.05) is 0 Å². The molecular formula is C30H58OSi2. The molecule has 0 aliphatic heterocycles. The van der Waals surface area contributed by atoms with Crippen molar-refractivity contribution >= 4 is 16.6 Å². The summed E-state index contributed by atoms with van der Waals surface area (Å²) in [6, 6.07) is 3.03. The maximum atomic E-state index is 8.54. The fourth-order valence-electron chi connectivity index (χ4n) is 9.42. The van der Waals surface area contributed by atoms with Crippen molar-refractivity contribution in [2.45, 2.75) is 189 Å². The molecule has 4 saturated carbocycles. The van der Waals surface area contributed by atoms with Gasteiger partial charge >= 0.3 is 0 Å². The van der Waals surface area contributed by atoms with E-state index in [2.05, 4.69) is 13.8 Å². The summed E-state index contributed by atoms with van der Waals surface area (Å²) in [4.78, 5) is 0. The highest BCUT2D eigenvalue weighted by atomic mass is 28.4. The molecule has 0 spiro atoms. The Morgan fingerprint density at radius 3 is 0.879 bits per heavy atom. The van der Waals surface area contributed by atoms with Gasteiger partial charge in [0.1, 0.15) is 0 Å². The molecule has 0 radical (unpaired) electrons. The van der Waals surface area contributed by atoms with Crippen LogP contribution >= 0.6 is 0 Å². The summed E-state index contributed by atoms with van der Waals surface area (Å²) < 4.78 is 8.54. The van der Waals surface area contributed by atoms with Crippen LogP contribution in [0.25, 0.3) is 0 Å². The van der Waals surface area contributed by atoms with Crippen molar-refractivity contribution in [3.8, 4) is 0 Å². The first-order valence-corrected chi connectivity index (χ1v) is 20.5. The number of rotatable bonds is 10. The third-order valence-electron chi connectivity index (χ3n) is 10.8. The lowest BCUT2D eigenvalue weighted by Crippen LogP contribution is -2.61. The standard InChI is InChI=1S/C30H58OSi2/c1-3-25-32(27-17-9-5-10-18-27,28-19-11-6-12-20-28)31-33(26-4-2,29-21-13-7-14-22-29)30-23-15-8-16-24-30/h27-30H,3-26H2,1-2H3. The van der Waals surface area contributed by atoms with E-state index in [-0.39, 0.29) is 0 Å². The van der Waals surface area contributed by atoms with Crippen LogP contribution in [0.4, 0.5) is 0 Å². The van der Waals surface area contributed by atoms with Crippen LogP contribution in [0.1, 0.15) is 155 Å². The minimum atomic E-state index is -1.77. The van der Waals surface area contributed by atoms with Crippen LogP contribution in [-0.2, 0) is 4.12 Å². The molecule has 0 unspecified atom stereocenters. The van der Waals surface area contributed by atoms with E-state index in [1.54, 1.807) is 0 Å². The van der Waals surface area contributed by atoms with Gasteiger partial charge in [0.05, 0.1) is 0 Å². The van der Waals surface area contributed by atoms with Gasteiger partial charge in [0.15, 0.2) is 16.6 Å². The highest BCUT2D eigenvalue weighted by Gasteiger charge is 2.58. The molecule has 192 valence electrons. The van der Waals surface area contributed by atoms with Gasteiger partial charge in [-0.25, -0.2) is 0 Å². The molecule has 0 N–H and O–H groups in total. The average Bonchev–Trinajstić information content (AvgIpc) is 2.90. The van der Waals surface area contributed by atoms with E-state index in [0.29, 0.717) is 0 Å². The van der Waals surface area contributed by atoms with E-state index in [0.717, 1.165) is 22.2 Å². The molecular weight excluding hydrogens is 433 g/mol. The summed E-state index contributed by atoms with van der Waals surface area (Å²) in [6.07, 6.45) is 33.1. The van der Waals surface area contributed by atoms with Crippen molar-refractivity contribution in [2.24, 2.45) is 0 Å². The summed E-state index contributed by atoms with van der Waals surface area (Å²) in [5.41, 5.74) is 4.02. The predicted octanol–water partition coefficient (Wildman–Crippen LogP) is 11.1. The van der Waals surface area contributed by atoms with Crippen molar-refractivity contribution in [1.82, 2.24) is 0 Å². The van der Waals surface area contributed by atoms with Crippen LogP contribution in [0.2, 0.25) is 34.3 Å². The van der Waals surface area contributed by atoms with Crippen molar-refractivity contribution in [3.63, 3.8) is 0 Å². The Bertz CT molecular complexity index is 455. The Balaban J connectivity index is 1.75. The van der Waals surface area contributed by atoms with E-state index in [9.17, 15) is 0 Å². The van der Waals surface area contributed by atoms with Gasteiger partial charge in [0.25, 0.3) is 0 Å². The van der Waals surface area contributed by atoms with Crippen LogP contribution in [0.3, 0.4) is 0 Å². The molecule has 33 heavy (non-hydrogen) atoms. The fraction of sp³-hybridized carbons (Fsp3) is 1.00. The smallest absolute Gasteiger partial charge is 0.185 e. The summed E-state index contributed by atoms with van der Waals surface area (Å²) in [5, 5.41) is 0. The molecule has 0 heterocycles. The third kappa shape index (κ3) is 6.04. The zero-order valence-corrected chi connectivity index (χ0v) is 24.7.